The van der Waals surface area contributed by atoms with Crippen LogP contribution in [0.3, 0.4) is 0 Å². The molecule has 5 nitrogen and oxygen atoms in total. The summed E-state index contributed by atoms with van der Waals surface area (Å²) in [5, 5.41) is 3.99. The normalized spacial score (nSPS) is 10.4. The van der Waals surface area contributed by atoms with Crippen LogP contribution in [0.2, 0.25) is 0 Å². The monoisotopic (exact) mass is 344 g/mol. The Morgan fingerprint density at radius 2 is 2.06 bits per heavy atom. The lowest BCUT2D eigenvalue weighted by Crippen LogP contribution is -2.22. The van der Waals surface area contributed by atoms with E-state index in [1.165, 1.54) is 17.2 Å². The quantitative estimate of drug-likeness (QED) is 0.791. The summed E-state index contributed by atoms with van der Waals surface area (Å²) in [4.78, 5) is 19.8. The Morgan fingerprint density at radius 3 is 2.75 bits per heavy atom. The van der Waals surface area contributed by atoms with Crippen molar-refractivity contribution in [2.75, 3.05) is 0 Å². The molecule has 0 aliphatic rings. The van der Waals surface area contributed by atoms with Crippen LogP contribution < -0.4 is 5.56 Å². The maximum atomic E-state index is 11.9. The first-order valence-corrected chi connectivity index (χ1v) is 5.90. The van der Waals surface area contributed by atoms with E-state index in [-0.39, 0.29) is 5.56 Å². The molecule has 0 spiro atoms. The zero-order valence-electron chi connectivity index (χ0n) is 8.19. The maximum absolute atomic E-state index is 11.9. The van der Waals surface area contributed by atoms with E-state index in [1.807, 2.05) is 6.92 Å². The van der Waals surface area contributed by atoms with E-state index in [9.17, 15) is 4.79 Å². The zero-order chi connectivity index (χ0) is 11.7. The molecule has 16 heavy (non-hydrogen) atoms. The summed E-state index contributed by atoms with van der Waals surface area (Å²) < 4.78 is 2.24. The molecule has 0 radical (unpaired) electrons. The average molecular weight is 346 g/mol. The Labute approximate surface area is 108 Å². The molecule has 0 unspecified atom stereocenters. The van der Waals surface area contributed by atoms with Gasteiger partial charge in [0.2, 0.25) is 0 Å². The first-order chi connectivity index (χ1) is 7.59. The van der Waals surface area contributed by atoms with Crippen molar-refractivity contribution >= 4 is 31.9 Å². The Kier molecular flexibility index (Phi) is 3.15. The van der Waals surface area contributed by atoms with Crippen LogP contribution in [0, 0.1) is 6.92 Å². The van der Waals surface area contributed by atoms with Crippen LogP contribution in [0.4, 0.5) is 0 Å². The van der Waals surface area contributed by atoms with Crippen molar-refractivity contribution in [3.05, 3.63) is 43.6 Å². The van der Waals surface area contributed by atoms with Gasteiger partial charge in [-0.05, 0) is 38.8 Å². The number of hydrogen-bond acceptors (Lipinski definition) is 4. The highest BCUT2D eigenvalue weighted by Crippen LogP contribution is 2.17. The summed E-state index contributed by atoms with van der Waals surface area (Å²) in [6.45, 7) is 1.82. The molecule has 2 rings (SSSR count). The fraction of sp³-hybridized carbons (Fsp3) is 0.111. The number of halogens is 2. The number of aryl methyl sites for hydroxylation is 1. The third kappa shape index (κ3) is 2.05. The minimum absolute atomic E-state index is 0.271. The Hall–Kier alpha value is -1.08. The van der Waals surface area contributed by atoms with Crippen LogP contribution in [0.25, 0.3) is 5.82 Å². The number of rotatable bonds is 1. The third-order valence-corrected chi connectivity index (χ3v) is 3.78. The van der Waals surface area contributed by atoms with Crippen molar-refractivity contribution in [2.24, 2.45) is 0 Å². The van der Waals surface area contributed by atoms with Gasteiger partial charge in [0.25, 0.3) is 5.56 Å². The molecule has 0 N–H and O–H groups in total. The predicted molar refractivity (Wildman–Crippen MR) is 65.6 cm³/mol. The van der Waals surface area contributed by atoms with Gasteiger partial charge in [0.05, 0.1) is 10.7 Å². The van der Waals surface area contributed by atoms with Crippen LogP contribution in [0.5, 0.6) is 0 Å². The molecule has 0 saturated heterocycles. The van der Waals surface area contributed by atoms with Gasteiger partial charge in [-0.15, -0.1) is 0 Å². The van der Waals surface area contributed by atoms with Gasteiger partial charge in [0.1, 0.15) is 10.8 Å². The molecule has 0 atom stereocenters. The van der Waals surface area contributed by atoms with E-state index in [0.29, 0.717) is 14.8 Å². The van der Waals surface area contributed by atoms with Crippen LogP contribution in [-0.2, 0) is 0 Å². The van der Waals surface area contributed by atoms with Crippen molar-refractivity contribution in [1.82, 2.24) is 19.7 Å². The second kappa shape index (κ2) is 4.42. The fourth-order valence-electron chi connectivity index (χ4n) is 1.13. The van der Waals surface area contributed by atoms with Gasteiger partial charge in [-0.1, -0.05) is 0 Å². The molecular weight excluding hydrogens is 340 g/mol. The SMILES string of the molecule is Cc1cc(-n2ncc(Br)c(Br)c2=O)ncn1. The van der Waals surface area contributed by atoms with Crippen LogP contribution in [-0.4, -0.2) is 19.7 Å². The highest BCUT2D eigenvalue weighted by Gasteiger charge is 2.09. The summed E-state index contributed by atoms with van der Waals surface area (Å²) in [5.74, 6) is 0.450. The third-order valence-electron chi connectivity index (χ3n) is 1.88. The minimum Gasteiger partial charge on any atom is -0.266 e. The second-order valence-electron chi connectivity index (χ2n) is 3.04. The smallest absolute Gasteiger partial charge is 0.266 e. The van der Waals surface area contributed by atoms with Gasteiger partial charge >= 0.3 is 0 Å². The van der Waals surface area contributed by atoms with Crippen molar-refractivity contribution in [1.29, 1.82) is 0 Å². The van der Waals surface area contributed by atoms with Crippen LogP contribution in [0.15, 0.2) is 32.3 Å². The van der Waals surface area contributed by atoms with Crippen molar-refractivity contribution in [3.8, 4) is 5.82 Å². The number of aromatic nitrogens is 4. The first-order valence-electron chi connectivity index (χ1n) is 4.32. The van der Waals surface area contributed by atoms with Crippen LogP contribution in [0.1, 0.15) is 5.69 Å². The molecular formula is C9H6Br2N4O. The highest BCUT2D eigenvalue weighted by atomic mass is 79.9. The zero-order valence-corrected chi connectivity index (χ0v) is 11.4. The molecule has 2 aromatic rings. The van der Waals surface area contributed by atoms with Gasteiger partial charge in [-0.3, -0.25) is 4.79 Å². The Balaban J connectivity index is 2.66. The molecule has 2 aromatic heterocycles. The molecule has 0 amide bonds. The molecule has 0 aromatic carbocycles. The van der Waals surface area contributed by atoms with Gasteiger partial charge in [0, 0.05) is 11.8 Å². The maximum Gasteiger partial charge on any atom is 0.288 e. The summed E-state index contributed by atoms with van der Waals surface area (Å²) >= 11 is 6.39. The largest absolute Gasteiger partial charge is 0.288 e. The lowest BCUT2D eigenvalue weighted by molar-refractivity contribution is 0.765. The summed E-state index contributed by atoms with van der Waals surface area (Å²) in [6.07, 6.45) is 2.93. The molecule has 82 valence electrons. The van der Waals surface area contributed by atoms with Crippen molar-refractivity contribution in [3.63, 3.8) is 0 Å². The number of nitrogens with zero attached hydrogens (tertiary/aromatic N) is 4. The molecule has 0 saturated carbocycles. The van der Waals surface area contributed by atoms with E-state index >= 15 is 0 Å². The first kappa shape index (κ1) is 11.4. The van der Waals surface area contributed by atoms with E-state index in [4.69, 9.17) is 0 Å². The van der Waals surface area contributed by atoms with Crippen LogP contribution >= 0.6 is 31.9 Å². The summed E-state index contributed by atoms with van der Waals surface area (Å²) in [6, 6.07) is 1.69. The molecule has 7 heteroatoms. The fourth-order valence-corrected chi connectivity index (χ4v) is 1.66. The topological polar surface area (TPSA) is 60.7 Å². The molecule has 0 bridgehead atoms. The number of hydrogen-bond donors (Lipinski definition) is 0. The predicted octanol–water partition coefficient (Wildman–Crippen LogP) is 1.86. The van der Waals surface area contributed by atoms with E-state index < -0.39 is 0 Å². The van der Waals surface area contributed by atoms with Crippen molar-refractivity contribution < 1.29 is 0 Å². The van der Waals surface area contributed by atoms with E-state index in [2.05, 4.69) is 46.9 Å². The Morgan fingerprint density at radius 1 is 1.31 bits per heavy atom. The average Bonchev–Trinajstić information content (AvgIpc) is 2.26. The standard InChI is InChI=1S/C9H6Br2N4O/c1-5-2-7(13-4-12-5)15-9(16)8(11)6(10)3-14-15/h2-4H,1H3. The summed E-state index contributed by atoms with van der Waals surface area (Å²) in [5.41, 5.74) is 0.505. The lowest BCUT2D eigenvalue weighted by Gasteiger charge is -2.04. The van der Waals surface area contributed by atoms with E-state index in [1.54, 1.807) is 6.07 Å². The lowest BCUT2D eigenvalue weighted by atomic mass is 10.4. The van der Waals surface area contributed by atoms with Gasteiger partial charge in [-0.25, -0.2) is 9.97 Å². The molecule has 0 aliphatic heterocycles. The minimum atomic E-state index is -0.271. The molecule has 0 aliphatic carbocycles. The van der Waals surface area contributed by atoms with Gasteiger partial charge < -0.3 is 0 Å². The van der Waals surface area contributed by atoms with Crippen molar-refractivity contribution in [2.45, 2.75) is 6.92 Å². The van der Waals surface area contributed by atoms with Gasteiger partial charge in [0.15, 0.2) is 5.82 Å². The van der Waals surface area contributed by atoms with Gasteiger partial charge in [-0.2, -0.15) is 9.78 Å². The van der Waals surface area contributed by atoms with E-state index in [0.717, 1.165) is 5.69 Å². The molecule has 0 fully saturated rings. The second-order valence-corrected chi connectivity index (χ2v) is 4.69. The summed E-state index contributed by atoms with van der Waals surface area (Å²) in [7, 11) is 0. The Bertz CT molecular complexity index is 596. The molecule has 2 heterocycles. The highest BCUT2D eigenvalue weighted by molar-refractivity contribution is 9.13.